The molecule has 5 rings (SSSR count). The van der Waals surface area contributed by atoms with Gasteiger partial charge in [0.2, 0.25) is 0 Å². The number of ketones is 1. The molecule has 1 nitrogen and oxygen atoms in total. The minimum absolute atomic E-state index is 0.0894. The predicted molar refractivity (Wildman–Crippen MR) is 98.4 cm³/mol. The summed E-state index contributed by atoms with van der Waals surface area (Å²) < 4.78 is 0. The van der Waals surface area contributed by atoms with Crippen molar-refractivity contribution in [3.05, 3.63) is 59.2 Å². The number of Topliss-reactive ketones (excluding diaryl/α,β-unsaturated/α-hetero) is 1. The first-order valence-corrected chi connectivity index (χ1v) is 9.33. The molecule has 3 atom stereocenters. The van der Waals surface area contributed by atoms with Crippen molar-refractivity contribution in [1.82, 2.24) is 0 Å². The van der Waals surface area contributed by atoms with Crippen LogP contribution < -0.4 is 0 Å². The van der Waals surface area contributed by atoms with Gasteiger partial charge < -0.3 is 0 Å². The molecular weight excluding hydrogens is 292 g/mol. The van der Waals surface area contributed by atoms with E-state index >= 15 is 0 Å². The predicted octanol–water partition coefficient (Wildman–Crippen LogP) is 5.31. The van der Waals surface area contributed by atoms with Crippen LogP contribution in [0.5, 0.6) is 0 Å². The zero-order valence-corrected chi connectivity index (χ0v) is 14.5. The van der Waals surface area contributed by atoms with Gasteiger partial charge in [-0.05, 0) is 58.1 Å². The lowest BCUT2D eigenvalue weighted by molar-refractivity contribution is -0.120. The average molecular weight is 316 g/mol. The monoisotopic (exact) mass is 316 g/mol. The summed E-state index contributed by atoms with van der Waals surface area (Å²) in [6.45, 7) is 4.50. The molecule has 0 N–H and O–H groups in total. The van der Waals surface area contributed by atoms with Gasteiger partial charge in [-0.15, -0.1) is 0 Å². The Balaban J connectivity index is 1.77. The van der Waals surface area contributed by atoms with Crippen LogP contribution in [0.3, 0.4) is 0 Å². The van der Waals surface area contributed by atoms with E-state index in [1.807, 2.05) is 0 Å². The second-order valence-corrected chi connectivity index (χ2v) is 8.47. The van der Waals surface area contributed by atoms with Crippen LogP contribution in [-0.4, -0.2) is 5.78 Å². The molecule has 1 saturated carbocycles. The number of rotatable bonds is 1. The van der Waals surface area contributed by atoms with Crippen LogP contribution in [0.1, 0.15) is 55.7 Å². The summed E-state index contributed by atoms with van der Waals surface area (Å²) in [6, 6.07) is 11.4. The molecule has 0 radical (unpaired) electrons. The summed E-state index contributed by atoms with van der Waals surface area (Å²) in [5.41, 5.74) is 4.27. The summed E-state index contributed by atoms with van der Waals surface area (Å²) in [4.78, 5) is 12.6. The number of hydrogen-bond donors (Lipinski definition) is 0. The highest BCUT2D eigenvalue weighted by Gasteiger charge is 2.52. The van der Waals surface area contributed by atoms with E-state index in [1.54, 1.807) is 0 Å². The second kappa shape index (κ2) is 4.81. The van der Waals surface area contributed by atoms with Gasteiger partial charge >= 0.3 is 0 Å². The topological polar surface area (TPSA) is 17.1 Å². The lowest BCUT2D eigenvalue weighted by Gasteiger charge is -2.40. The third kappa shape index (κ3) is 1.84. The fourth-order valence-corrected chi connectivity index (χ4v) is 5.70. The number of fused-ring (bicyclic) bond motifs is 6. The molecule has 0 aromatic heterocycles. The maximum Gasteiger partial charge on any atom is 0.138 e. The van der Waals surface area contributed by atoms with Crippen molar-refractivity contribution >= 4 is 16.6 Å². The molecule has 1 fully saturated rings. The van der Waals surface area contributed by atoms with E-state index < -0.39 is 0 Å². The van der Waals surface area contributed by atoms with Crippen LogP contribution in [0.2, 0.25) is 0 Å². The smallest absolute Gasteiger partial charge is 0.138 e. The fourth-order valence-electron chi connectivity index (χ4n) is 5.70. The van der Waals surface area contributed by atoms with E-state index in [2.05, 4.69) is 56.3 Å². The fraction of sp³-hybridized carbons (Fsp3) is 0.435. The molecule has 24 heavy (non-hydrogen) atoms. The molecule has 3 unspecified atom stereocenters. The van der Waals surface area contributed by atoms with Gasteiger partial charge in [0, 0.05) is 18.3 Å². The van der Waals surface area contributed by atoms with Crippen molar-refractivity contribution in [2.45, 2.75) is 50.9 Å². The third-order valence-electron chi connectivity index (χ3n) is 6.71. The third-order valence-corrected chi connectivity index (χ3v) is 6.71. The van der Waals surface area contributed by atoms with Gasteiger partial charge in [0.15, 0.2) is 0 Å². The van der Waals surface area contributed by atoms with Crippen molar-refractivity contribution in [1.29, 1.82) is 0 Å². The van der Waals surface area contributed by atoms with Crippen LogP contribution in [0.25, 0.3) is 10.8 Å². The standard InChI is InChI=1S/C23H24O/c1-14(2)20-5-3-4-16-11-22-17(10-21(16)20)9-19(24)13-23(22)12-15-6-7-18(23)8-15/h3-7,10-11,14-15,18H,8-9,12-13H2,1-2H3. The number of carbonyl (C=O) groups is 1. The van der Waals surface area contributed by atoms with Crippen LogP contribution in [0.15, 0.2) is 42.5 Å². The molecule has 0 amide bonds. The molecule has 1 spiro atoms. The highest BCUT2D eigenvalue weighted by molar-refractivity contribution is 5.92. The number of hydrogen-bond acceptors (Lipinski definition) is 1. The van der Waals surface area contributed by atoms with Gasteiger partial charge in [-0.3, -0.25) is 4.79 Å². The molecular formula is C23H24O. The van der Waals surface area contributed by atoms with E-state index in [4.69, 9.17) is 0 Å². The molecule has 3 aliphatic carbocycles. The molecule has 0 aliphatic heterocycles. The van der Waals surface area contributed by atoms with Gasteiger partial charge in [-0.2, -0.15) is 0 Å². The lowest BCUT2D eigenvalue weighted by atomic mass is 9.62. The highest BCUT2D eigenvalue weighted by atomic mass is 16.1. The molecule has 122 valence electrons. The molecule has 2 aromatic carbocycles. The Morgan fingerprint density at radius 3 is 2.75 bits per heavy atom. The van der Waals surface area contributed by atoms with Gasteiger partial charge in [0.25, 0.3) is 0 Å². The van der Waals surface area contributed by atoms with E-state index in [1.165, 1.54) is 40.3 Å². The van der Waals surface area contributed by atoms with Crippen molar-refractivity contribution in [2.24, 2.45) is 11.8 Å². The van der Waals surface area contributed by atoms with Gasteiger partial charge in [0.1, 0.15) is 5.78 Å². The van der Waals surface area contributed by atoms with E-state index in [-0.39, 0.29) is 5.41 Å². The van der Waals surface area contributed by atoms with Crippen LogP contribution in [-0.2, 0) is 16.6 Å². The minimum atomic E-state index is 0.0894. The van der Waals surface area contributed by atoms with Crippen molar-refractivity contribution in [3.8, 4) is 0 Å². The Bertz CT molecular complexity index is 888. The Labute approximate surface area is 143 Å². The maximum absolute atomic E-state index is 12.6. The zero-order chi connectivity index (χ0) is 16.5. The second-order valence-electron chi connectivity index (χ2n) is 8.47. The molecule has 0 saturated heterocycles. The molecule has 1 heteroatoms. The first-order chi connectivity index (χ1) is 11.6. The van der Waals surface area contributed by atoms with Crippen molar-refractivity contribution < 1.29 is 4.79 Å². The van der Waals surface area contributed by atoms with Gasteiger partial charge in [-0.25, -0.2) is 0 Å². The van der Waals surface area contributed by atoms with Crippen LogP contribution in [0, 0.1) is 11.8 Å². The summed E-state index contributed by atoms with van der Waals surface area (Å²) in [5.74, 6) is 2.19. The Kier molecular flexibility index (Phi) is 2.90. The largest absolute Gasteiger partial charge is 0.299 e. The summed E-state index contributed by atoms with van der Waals surface area (Å²) in [5, 5.41) is 2.69. The van der Waals surface area contributed by atoms with Crippen LogP contribution in [0.4, 0.5) is 0 Å². The van der Waals surface area contributed by atoms with Gasteiger partial charge in [0.05, 0.1) is 0 Å². The number of allylic oxidation sites excluding steroid dienone is 2. The summed E-state index contributed by atoms with van der Waals surface area (Å²) in [7, 11) is 0. The SMILES string of the molecule is CC(C)c1cccc2cc3c(cc12)CC(=O)CC31CC2C=CC1C2. The van der Waals surface area contributed by atoms with Gasteiger partial charge in [-0.1, -0.05) is 56.3 Å². The Morgan fingerprint density at radius 2 is 2.04 bits per heavy atom. The van der Waals surface area contributed by atoms with E-state index in [9.17, 15) is 4.79 Å². The number of benzene rings is 2. The minimum Gasteiger partial charge on any atom is -0.299 e. The molecule has 0 heterocycles. The molecule has 2 bridgehead atoms. The van der Waals surface area contributed by atoms with Crippen molar-refractivity contribution in [3.63, 3.8) is 0 Å². The maximum atomic E-state index is 12.6. The average Bonchev–Trinajstić information content (AvgIpc) is 3.14. The zero-order valence-electron chi connectivity index (χ0n) is 14.5. The van der Waals surface area contributed by atoms with Crippen LogP contribution >= 0.6 is 0 Å². The van der Waals surface area contributed by atoms with E-state index in [0.29, 0.717) is 30.0 Å². The first-order valence-electron chi connectivity index (χ1n) is 9.33. The molecule has 3 aliphatic rings. The number of carbonyl (C=O) groups excluding carboxylic acids is 1. The quantitative estimate of drug-likeness (QED) is 0.651. The summed E-state index contributed by atoms with van der Waals surface area (Å²) in [6.07, 6.45) is 8.57. The lowest BCUT2D eigenvalue weighted by Crippen LogP contribution is -2.38. The molecule has 2 aromatic rings. The van der Waals surface area contributed by atoms with Crippen molar-refractivity contribution in [2.75, 3.05) is 0 Å². The Morgan fingerprint density at radius 1 is 1.17 bits per heavy atom. The normalized spacial score (nSPS) is 30.7. The Hall–Kier alpha value is -1.89. The van der Waals surface area contributed by atoms with E-state index in [0.717, 1.165) is 6.42 Å². The first kappa shape index (κ1) is 14.5. The summed E-state index contributed by atoms with van der Waals surface area (Å²) >= 11 is 0. The highest BCUT2D eigenvalue weighted by Crippen LogP contribution is 2.58.